The Morgan fingerprint density at radius 3 is 2.75 bits per heavy atom. The molecule has 2 fully saturated rings. The minimum absolute atomic E-state index is 0.0858. The molecule has 5 rings (SSSR count). The van der Waals surface area contributed by atoms with Gasteiger partial charge in [-0.15, -0.1) is 0 Å². The highest BCUT2D eigenvalue weighted by Gasteiger charge is 2.59. The maximum Gasteiger partial charge on any atom is 0.160 e. The van der Waals surface area contributed by atoms with Gasteiger partial charge in [-0.1, -0.05) is 19.9 Å². The second-order valence-corrected chi connectivity index (χ2v) is 9.23. The minimum atomic E-state index is -0.0858. The average molecular weight is 330 g/mol. The van der Waals surface area contributed by atoms with Crippen LogP contribution in [0, 0.1) is 28.6 Å². The SMILES string of the molecule is CC12CCC3=C(OCCO3)C1=CCC1C2CCC2(C)C(O)CCC12. The summed E-state index contributed by atoms with van der Waals surface area (Å²) in [6.07, 6.45) is 10.4. The lowest BCUT2D eigenvalue weighted by molar-refractivity contribution is -0.0691. The molecule has 6 unspecified atom stereocenters. The van der Waals surface area contributed by atoms with Crippen molar-refractivity contribution in [3.63, 3.8) is 0 Å². The predicted molar refractivity (Wildman–Crippen MR) is 92.0 cm³/mol. The van der Waals surface area contributed by atoms with Crippen molar-refractivity contribution < 1.29 is 14.6 Å². The highest BCUT2D eigenvalue weighted by molar-refractivity contribution is 5.41. The van der Waals surface area contributed by atoms with Crippen molar-refractivity contribution >= 4 is 0 Å². The Balaban J connectivity index is 1.54. The first-order valence-corrected chi connectivity index (χ1v) is 9.92. The van der Waals surface area contributed by atoms with Gasteiger partial charge in [-0.25, -0.2) is 0 Å². The Labute approximate surface area is 145 Å². The van der Waals surface area contributed by atoms with Crippen LogP contribution in [0.5, 0.6) is 0 Å². The van der Waals surface area contributed by atoms with Gasteiger partial charge >= 0.3 is 0 Å². The molecule has 2 saturated carbocycles. The smallest absolute Gasteiger partial charge is 0.160 e. The first-order chi connectivity index (χ1) is 11.5. The fourth-order valence-corrected chi connectivity index (χ4v) is 6.98. The van der Waals surface area contributed by atoms with Crippen LogP contribution in [0.15, 0.2) is 23.2 Å². The molecular formula is C21H30O3. The number of hydrogen-bond acceptors (Lipinski definition) is 3. The Morgan fingerprint density at radius 1 is 1.04 bits per heavy atom. The standard InChI is InChI=1S/C21H30O3/c1-20-10-8-17-19(24-12-11-23-17)16(20)4-3-13-14-5-6-18(22)21(14,2)9-7-15(13)20/h4,13-15,18,22H,3,5-12H2,1-2H3. The molecule has 0 aromatic heterocycles. The van der Waals surface area contributed by atoms with Crippen molar-refractivity contribution in [2.45, 2.75) is 64.9 Å². The molecule has 0 bridgehead atoms. The number of rotatable bonds is 0. The van der Waals surface area contributed by atoms with E-state index in [1.807, 2.05) is 0 Å². The quantitative estimate of drug-likeness (QED) is 0.724. The molecule has 0 radical (unpaired) electrons. The van der Waals surface area contributed by atoms with Crippen LogP contribution < -0.4 is 0 Å². The van der Waals surface area contributed by atoms with Crippen LogP contribution in [0.2, 0.25) is 0 Å². The van der Waals surface area contributed by atoms with Gasteiger partial charge in [-0.2, -0.15) is 0 Å². The van der Waals surface area contributed by atoms with E-state index in [0.29, 0.717) is 19.1 Å². The zero-order valence-corrected chi connectivity index (χ0v) is 15.0. The van der Waals surface area contributed by atoms with Crippen molar-refractivity contribution in [2.24, 2.45) is 28.6 Å². The van der Waals surface area contributed by atoms with Gasteiger partial charge in [0.15, 0.2) is 5.76 Å². The first kappa shape index (κ1) is 15.3. The fourth-order valence-electron chi connectivity index (χ4n) is 6.98. The number of aliphatic hydroxyl groups excluding tert-OH is 1. The second-order valence-electron chi connectivity index (χ2n) is 9.23. The van der Waals surface area contributed by atoms with Crippen molar-refractivity contribution in [2.75, 3.05) is 13.2 Å². The van der Waals surface area contributed by atoms with Gasteiger partial charge in [0.1, 0.15) is 19.0 Å². The normalized spacial score (nSPS) is 49.9. The highest BCUT2D eigenvalue weighted by Crippen LogP contribution is 2.65. The van der Waals surface area contributed by atoms with Gasteiger partial charge in [0.2, 0.25) is 0 Å². The van der Waals surface area contributed by atoms with E-state index in [0.717, 1.165) is 42.6 Å². The summed E-state index contributed by atoms with van der Waals surface area (Å²) in [6, 6.07) is 0. The third kappa shape index (κ3) is 1.83. The van der Waals surface area contributed by atoms with E-state index < -0.39 is 0 Å². The summed E-state index contributed by atoms with van der Waals surface area (Å²) in [6.45, 7) is 6.22. The van der Waals surface area contributed by atoms with Crippen molar-refractivity contribution in [1.82, 2.24) is 0 Å². The monoisotopic (exact) mass is 330 g/mol. The average Bonchev–Trinajstić information content (AvgIpc) is 2.90. The largest absolute Gasteiger partial charge is 0.491 e. The molecular weight excluding hydrogens is 300 g/mol. The van der Waals surface area contributed by atoms with Crippen LogP contribution in [0.25, 0.3) is 0 Å². The maximum atomic E-state index is 10.6. The van der Waals surface area contributed by atoms with Gasteiger partial charge < -0.3 is 14.6 Å². The zero-order chi connectivity index (χ0) is 16.5. The summed E-state index contributed by atoms with van der Waals surface area (Å²) in [5, 5.41) is 10.6. The van der Waals surface area contributed by atoms with E-state index in [4.69, 9.17) is 9.47 Å². The topological polar surface area (TPSA) is 38.7 Å². The Bertz CT molecular complexity index is 621. The highest BCUT2D eigenvalue weighted by atomic mass is 16.6. The van der Waals surface area contributed by atoms with Gasteiger partial charge in [0, 0.05) is 6.42 Å². The molecule has 132 valence electrons. The van der Waals surface area contributed by atoms with Gasteiger partial charge in [-0.05, 0) is 72.7 Å². The summed E-state index contributed by atoms with van der Waals surface area (Å²) >= 11 is 0. The summed E-state index contributed by atoms with van der Waals surface area (Å²) < 4.78 is 12.0. The van der Waals surface area contributed by atoms with E-state index in [9.17, 15) is 5.11 Å². The molecule has 1 aliphatic heterocycles. The molecule has 0 aromatic rings. The van der Waals surface area contributed by atoms with E-state index in [1.165, 1.54) is 31.3 Å². The number of fused-ring (bicyclic) bond motifs is 6. The van der Waals surface area contributed by atoms with Gasteiger partial charge in [0.05, 0.1) is 6.10 Å². The number of allylic oxidation sites excluding steroid dienone is 3. The van der Waals surface area contributed by atoms with Gasteiger partial charge in [-0.3, -0.25) is 0 Å². The third-order valence-corrected chi connectivity index (χ3v) is 8.39. The zero-order valence-electron chi connectivity index (χ0n) is 15.0. The van der Waals surface area contributed by atoms with Crippen LogP contribution in [-0.4, -0.2) is 24.4 Å². The Morgan fingerprint density at radius 2 is 1.88 bits per heavy atom. The molecule has 4 aliphatic carbocycles. The molecule has 3 nitrogen and oxygen atoms in total. The molecule has 0 saturated heterocycles. The molecule has 0 aromatic carbocycles. The third-order valence-electron chi connectivity index (χ3n) is 8.39. The van der Waals surface area contributed by atoms with Crippen LogP contribution in [0.1, 0.15) is 58.8 Å². The summed E-state index contributed by atoms with van der Waals surface area (Å²) in [5.74, 6) is 4.34. The number of aliphatic hydroxyl groups is 1. The summed E-state index contributed by atoms with van der Waals surface area (Å²) in [5.41, 5.74) is 1.83. The first-order valence-electron chi connectivity index (χ1n) is 9.92. The molecule has 3 heteroatoms. The van der Waals surface area contributed by atoms with Crippen LogP contribution >= 0.6 is 0 Å². The molecule has 6 atom stereocenters. The molecule has 5 aliphatic rings. The van der Waals surface area contributed by atoms with Crippen LogP contribution in [0.3, 0.4) is 0 Å². The second kappa shape index (κ2) is 5.03. The van der Waals surface area contributed by atoms with Crippen molar-refractivity contribution in [3.05, 3.63) is 23.2 Å². The lowest BCUT2D eigenvalue weighted by Gasteiger charge is -2.57. The van der Waals surface area contributed by atoms with E-state index >= 15 is 0 Å². The molecule has 1 heterocycles. The Hall–Kier alpha value is -0.960. The minimum Gasteiger partial charge on any atom is -0.491 e. The summed E-state index contributed by atoms with van der Waals surface area (Å²) in [4.78, 5) is 0. The molecule has 1 N–H and O–H groups in total. The molecule has 0 amide bonds. The molecule has 24 heavy (non-hydrogen) atoms. The number of ether oxygens (including phenoxy) is 2. The van der Waals surface area contributed by atoms with E-state index in [2.05, 4.69) is 19.9 Å². The van der Waals surface area contributed by atoms with Crippen LogP contribution in [-0.2, 0) is 9.47 Å². The van der Waals surface area contributed by atoms with E-state index in [-0.39, 0.29) is 16.9 Å². The number of hydrogen-bond donors (Lipinski definition) is 1. The van der Waals surface area contributed by atoms with E-state index in [1.54, 1.807) is 0 Å². The van der Waals surface area contributed by atoms with Crippen molar-refractivity contribution in [3.8, 4) is 0 Å². The predicted octanol–water partition coefficient (Wildman–Crippen LogP) is 4.18. The Kier molecular flexibility index (Phi) is 3.21. The summed E-state index contributed by atoms with van der Waals surface area (Å²) in [7, 11) is 0. The fraction of sp³-hybridized carbons (Fsp3) is 0.810. The maximum absolute atomic E-state index is 10.6. The van der Waals surface area contributed by atoms with Crippen LogP contribution in [0.4, 0.5) is 0 Å². The molecule has 0 spiro atoms. The lowest BCUT2D eigenvalue weighted by atomic mass is 9.48. The van der Waals surface area contributed by atoms with Crippen molar-refractivity contribution in [1.29, 1.82) is 0 Å². The lowest BCUT2D eigenvalue weighted by Crippen LogP contribution is -2.50. The van der Waals surface area contributed by atoms with Gasteiger partial charge in [0.25, 0.3) is 0 Å².